The Kier molecular flexibility index (Phi) is 21.7. The summed E-state index contributed by atoms with van der Waals surface area (Å²) in [6, 6.07) is 0. The molecular weight excluding hydrogens is 386 g/mol. The van der Waals surface area contributed by atoms with Crippen LogP contribution in [-0.2, 0) is 9.53 Å². The third kappa shape index (κ3) is 23.6. The maximum Gasteiger partial charge on any atom is 0.333 e. The van der Waals surface area contributed by atoms with E-state index in [4.69, 9.17) is 4.74 Å². The molecule has 0 aliphatic rings. The monoisotopic (exact) mass is 439 g/mol. The Morgan fingerprint density at radius 1 is 0.806 bits per heavy atom. The Hall–Kier alpha value is -0.870. The Morgan fingerprint density at radius 2 is 1.23 bits per heavy atom. The molecule has 0 aliphatic heterocycles. The van der Waals surface area contributed by atoms with Gasteiger partial charge in [-0.15, -0.1) is 0 Å². The van der Waals surface area contributed by atoms with Crippen LogP contribution < -0.4 is 5.32 Å². The van der Waals surface area contributed by atoms with E-state index in [1.807, 2.05) is 0 Å². The smallest absolute Gasteiger partial charge is 0.333 e. The standard InChI is InChI=1S/C27H53NO3/c1-24(2)20-18-16-14-12-10-8-6-5-7-9-11-13-15-17-19-21-28-22-26(29)23-31-27(30)25(3)4/h24,26,28-29H,3,5-23H2,1-2,4H3. The molecule has 0 rings (SSSR count). The van der Waals surface area contributed by atoms with Crippen LogP contribution in [0.3, 0.4) is 0 Å². The highest BCUT2D eigenvalue weighted by atomic mass is 16.5. The van der Waals surface area contributed by atoms with E-state index in [0.717, 1.165) is 18.9 Å². The van der Waals surface area contributed by atoms with Crippen LogP contribution in [0.15, 0.2) is 12.2 Å². The Bertz CT molecular complexity index is 423. The lowest BCUT2D eigenvalue weighted by atomic mass is 10.0. The van der Waals surface area contributed by atoms with Crippen molar-refractivity contribution in [3.8, 4) is 0 Å². The second-order valence-corrected chi connectivity index (χ2v) is 9.72. The fourth-order valence-corrected chi connectivity index (χ4v) is 3.72. The summed E-state index contributed by atoms with van der Waals surface area (Å²) in [6.45, 7) is 11.2. The Labute approximate surface area is 193 Å². The van der Waals surface area contributed by atoms with E-state index in [0.29, 0.717) is 12.1 Å². The molecule has 0 amide bonds. The van der Waals surface area contributed by atoms with Gasteiger partial charge in [-0.05, 0) is 25.8 Å². The summed E-state index contributed by atoms with van der Waals surface area (Å²) in [5, 5.41) is 13.0. The minimum Gasteiger partial charge on any atom is -0.460 e. The van der Waals surface area contributed by atoms with Crippen molar-refractivity contribution in [2.45, 2.75) is 130 Å². The van der Waals surface area contributed by atoms with E-state index in [1.54, 1.807) is 6.92 Å². The van der Waals surface area contributed by atoms with Crippen LogP contribution in [0.2, 0.25) is 0 Å². The molecule has 184 valence electrons. The van der Waals surface area contributed by atoms with Crippen LogP contribution in [0, 0.1) is 5.92 Å². The molecule has 4 nitrogen and oxygen atoms in total. The highest BCUT2D eigenvalue weighted by Gasteiger charge is 2.08. The highest BCUT2D eigenvalue weighted by molar-refractivity contribution is 5.86. The molecule has 1 unspecified atom stereocenters. The van der Waals surface area contributed by atoms with Crippen molar-refractivity contribution >= 4 is 5.97 Å². The predicted octanol–water partition coefficient (Wildman–Crippen LogP) is 6.95. The van der Waals surface area contributed by atoms with E-state index in [-0.39, 0.29) is 6.61 Å². The highest BCUT2D eigenvalue weighted by Crippen LogP contribution is 2.14. The van der Waals surface area contributed by atoms with Crippen LogP contribution in [-0.4, -0.2) is 36.9 Å². The molecule has 0 saturated heterocycles. The van der Waals surface area contributed by atoms with Crippen molar-refractivity contribution in [3.05, 3.63) is 12.2 Å². The summed E-state index contributed by atoms with van der Waals surface area (Å²) in [4.78, 5) is 11.3. The van der Waals surface area contributed by atoms with Gasteiger partial charge in [-0.25, -0.2) is 4.79 Å². The summed E-state index contributed by atoms with van der Waals surface area (Å²) in [6.07, 6.45) is 21.4. The number of aliphatic hydroxyl groups excluding tert-OH is 1. The molecule has 4 heteroatoms. The molecule has 0 heterocycles. The lowest BCUT2D eigenvalue weighted by molar-refractivity contribution is -0.141. The normalized spacial score (nSPS) is 12.3. The van der Waals surface area contributed by atoms with Gasteiger partial charge >= 0.3 is 5.97 Å². The van der Waals surface area contributed by atoms with Gasteiger partial charge < -0.3 is 15.2 Å². The maximum absolute atomic E-state index is 11.3. The quantitative estimate of drug-likeness (QED) is 0.103. The molecule has 0 bridgehead atoms. The summed E-state index contributed by atoms with van der Waals surface area (Å²) >= 11 is 0. The van der Waals surface area contributed by atoms with Crippen LogP contribution in [0.5, 0.6) is 0 Å². The number of aliphatic hydroxyl groups is 1. The molecule has 31 heavy (non-hydrogen) atoms. The molecule has 0 radical (unpaired) electrons. The minimum atomic E-state index is -0.655. The number of nitrogens with one attached hydrogen (secondary N) is 1. The molecule has 0 aromatic carbocycles. The van der Waals surface area contributed by atoms with Crippen LogP contribution in [0.25, 0.3) is 0 Å². The first kappa shape index (κ1) is 30.1. The summed E-state index contributed by atoms with van der Waals surface area (Å²) < 4.78 is 4.93. The van der Waals surface area contributed by atoms with Gasteiger partial charge in [0.25, 0.3) is 0 Å². The van der Waals surface area contributed by atoms with Gasteiger partial charge in [0.1, 0.15) is 12.7 Å². The molecule has 0 aromatic heterocycles. The van der Waals surface area contributed by atoms with Crippen molar-refractivity contribution in [2.75, 3.05) is 19.7 Å². The van der Waals surface area contributed by atoms with E-state index < -0.39 is 12.1 Å². The number of hydrogen-bond donors (Lipinski definition) is 2. The van der Waals surface area contributed by atoms with Crippen LogP contribution in [0.1, 0.15) is 124 Å². The third-order valence-electron chi connectivity index (χ3n) is 5.77. The van der Waals surface area contributed by atoms with E-state index >= 15 is 0 Å². The first-order valence-electron chi connectivity index (χ1n) is 13.1. The summed E-state index contributed by atoms with van der Waals surface area (Å²) in [5.74, 6) is 0.428. The number of unbranched alkanes of at least 4 members (excludes halogenated alkanes) is 14. The fraction of sp³-hybridized carbons (Fsp3) is 0.889. The van der Waals surface area contributed by atoms with Gasteiger partial charge in [0.15, 0.2) is 0 Å². The van der Waals surface area contributed by atoms with Gasteiger partial charge in [-0.3, -0.25) is 0 Å². The molecule has 1 atom stereocenters. The van der Waals surface area contributed by atoms with Gasteiger partial charge in [0, 0.05) is 12.1 Å². The topological polar surface area (TPSA) is 58.6 Å². The molecule has 0 aliphatic carbocycles. The first-order valence-corrected chi connectivity index (χ1v) is 13.1. The van der Waals surface area contributed by atoms with Crippen LogP contribution >= 0.6 is 0 Å². The molecular formula is C27H53NO3. The lowest BCUT2D eigenvalue weighted by Gasteiger charge is -2.12. The fourth-order valence-electron chi connectivity index (χ4n) is 3.72. The average molecular weight is 440 g/mol. The van der Waals surface area contributed by atoms with E-state index in [1.165, 1.54) is 96.3 Å². The van der Waals surface area contributed by atoms with Gasteiger partial charge in [0.2, 0.25) is 0 Å². The van der Waals surface area contributed by atoms with Crippen molar-refractivity contribution in [1.29, 1.82) is 0 Å². The number of ether oxygens (including phenoxy) is 1. The minimum absolute atomic E-state index is 0.0249. The Morgan fingerprint density at radius 3 is 1.65 bits per heavy atom. The van der Waals surface area contributed by atoms with Crippen molar-refractivity contribution in [3.63, 3.8) is 0 Å². The van der Waals surface area contributed by atoms with E-state index in [2.05, 4.69) is 25.7 Å². The largest absolute Gasteiger partial charge is 0.460 e. The van der Waals surface area contributed by atoms with Crippen molar-refractivity contribution in [2.24, 2.45) is 5.92 Å². The van der Waals surface area contributed by atoms with Gasteiger partial charge in [-0.1, -0.05) is 117 Å². The van der Waals surface area contributed by atoms with Crippen LogP contribution in [0.4, 0.5) is 0 Å². The molecule has 0 saturated carbocycles. The average Bonchev–Trinajstić information content (AvgIpc) is 2.73. The number of rotatable bonds is 23. The SMILES string of the molecule is C=C(C)C(=O)OCC(O)CNCCCCCCCCCCCCCCCCCC(C)C. The second kappa shape index (κ2) is 22.3. The molecule has 2 N–H and O–H groups in total. The maximum atomic E-state index is 11.3. The van der Waals surface area contributed by atoms with Gasteiger partial charge in [0.05, 0.1) is 0 Å². The number of esters is 1. The number of carbonyl (C=O) groups excluding carboxylic acids is 1. The summed E-state index contributed by atoms with van der Waals surface area (Å²) in [5.41, 5.74) is 0.360. The molecule has 0 spiro atoms. The molecule has 0 aromatic rings. The third-order valence-corrected chi connectivity index (χ3v) is 5.77. The van der Waals surface area contributed by atoms with Gasteiger partial charge in [-0.2, -0.15) is 0 Å². The zero-order valence-electron chi connectivity index (χ0n) is 21.1. The van der Waals surface area contributed by atoms with Crippen molar-refractivity contribution < 1.29 is 14.6 Å². The zero-order valence-corrected chi connectivity index (χ0v) is 21.1. The summed E-state index contributed by atoms with van der Waals surface area (Å²) in [7, 11) is 0. The Balaban J connectivity index is 3.17. The lowest BCUT2D eigenvalue weighted by Crippen LogP contribution is -2.31. The first-order chi connectivity index (χ1) is 14.9. The number of hydrogen-bond acceptors (Lipinski definition) is 4. The van der Waals surface area contributed by atoms with Crippen molar-refractivity contribution in [1.82, 2.24) is 5.32 Å². The predicted molar refractivity (Wildman–Crippen MR) is 133 cm³/mol. The number of carbonyl (C=O) groups is 1. The zero-order chi connectivity index (χ0) is 23.2. The van der Waals surface area contributed by atoms with E-state index in [9.17, 15) is 9.90 Å². The second-order valence-electron chi connectivity index (χ2n) is 9.72. The molecule has 0 fully saturated rings.